The highest BCUT2D eigenvalue weighted by atomic mass is 19.1. The maximum atomic E-state index is 13.4. The van der Waals surface area contributed by atoms with Crippen LogP contribution in [0.1, 0.15) is 5.56 Å². The SMILES string of the molecule is O=c1c(-c2ccc(F)cc2)[n+]([O-])c2ccccc2n1OCc1ccc(Oc2ccccc2)cc1. The zero-order chi connectivity index (χ0) is 23.5. The van der Waals surface area contributed by atoms with E-state index in [1.54, 1.807) is 24.3 Å². The summed E-state index contributed by atoms with van der Waals surface area (Å²) in [5.74, 6) is 0.939. The highest BCUT2D eigenvalue weighted by molar-refractivity contribution is 5.73. The third-order valence-corrected chi connectivity index (χ3v) is 5.29. The summed E-state index contributed by atoms with van der Waals surface area (Å²) < 4.78 is 20.9. The summed E-state index contributed by atoms with van der Waals surface area (Å²) in [5.41, 5.74) is 0.908. The Labute approximate surface area is 194 Å². The maximum Gasteiger partial charge on any atom is 0.357 e. The van der Waals surface area contributed by atoms with Crippen molar-refractivity contribution in [3.05, 3.63) is 130 Å². The molecule has 0 aliphatic rings. The Balaban J connectivity index is 1.45. The Bertz CT molecular complexity index is 1500. The fourth-order valence-corrected chi connectivity index (χ4v) is 3.61. The lowest BCUT2D eigenvalue weighted by atomic mass is 10.1. The third kappa shape index (κ3) is 4.19. The average Bonchev–Trinajstić information content (AvgIpc) is 2.87. The molecular weight excluding hydrogens is 435 g/mol. The van der Waals surface area contributed by atoms with Gasteiger partial charge in [-0.2, -0.15) is 4.73 Å². The lowest BCUT2D eigenvalue weighted by Gasteiger charge is -2.14. The third-order valence-electron chi connectivity index (χ3n) is 5.29. The van der Waals surface area contributed by atoms with Gasteiger partial charge in [-0.1, -0.05) is 42.5 Å². The molecular formula is C27H19FN2O4. The molecule has 0 saturated heterocycles. The molecule has 0 radical (unpaired) electrons. The molecule has 0 aliphatic carbocycles. The predicted molar refractivity (Wildman–Crippen MR) is 126 cm³/mol. The molecule has 0 bridgehead atoms. The Morgan fingerprint density at radius 2 is 1.44 bits per heavy atom. The minimum Gasteiger partial charge on any atom is -0.618 e. The number of para-hydroxylation sites is 3. The zero-order valence-corrected chi connectivity index (χ0v) is 17.9. The first kappa shape index (κ1) is 21.2. The summed E-state index contributed by atoms with van der Waals surface area (Å²) in [5, 5.41) is 13.0. The van der Waals surface area contributed by atoms with E-state index in [0.29, 0.717) is 21.6 Å². The highest BCUT2D eigenvalue weighted by Crippen LogP contribution is 2.21. The van der Waals surface area contributed by atoms with Gasteiger partial charge in [-0.15, -0.1) is 4.73 Å². The van der Waals surface area contributed by atoms with Gasteiger partial charge in [0.1, 0.15) is 23.9 Å². The second-order valence-electron chi connectivity index (χ2n) is 7.57. The first-order valence-electron chi connectivity index (χ1n) is 10.6. The quantitative estimate of drug-likeness (QED) is 0.271. The number of fused-ring (bicyclic) bond motifs is 1. The van der Waals surface area contributed by atoms with Gasteiger partial charge in [0.15, 0.2) is 5.52 Å². The van der Waals surface area contributed by atoms with Crippen molar-refractivity contribution in [3.63, 3.8) is 0 Å². The van der Waals surface area contributed by atoms with Crippen LogP contribution in [0.2, 0.25) is 0 Å². The van der Waals surface area contributed by atoms with Crippen LogP contribution < -0.4 is 19.9 Å². The van der Waals surface area contributed by atoms with Crippen LogP contribution in [-0.2, 0) is 6.61 Å². The molecule has 1 heterocycles. The molecule has 0 fully saturated rings. The fraction of sp³-hybridized carbons (Fsp3) is 0.0370. The monoisotopic (exact) mass is 454 g/mol. The summed E-state index contributed by atoms with van der Waals surface area (Å²) in [4.78, 5) is 19.1. The molecule has 0 aliphatic heterocycles. The largest absolute Gasteiger partial charge is 0.618 e. The maximum absolute atomic E-state index is 13.4. The van der Waals surface area contributed by atoms with E-state index >= 15 is 0 Å². The van der Waals surface area contributed by atoms with Crippen LogP contribution in [-0.4, -0.2) is 4.73 Å². The number of hydrogen-bond acceptors (Lipinski definition) is 4. The van der Waals surface area contributed by atoms with Crippen LogP contribution >= 0.6 is 0 Å². The molecule has 0 spiro atoms. The second-order valence-corrected chi connectivity index (χ2v) is 7.57. The van der Waals surface area contributed by atoms with Gasteiger partial charge < -0.3 is 14.8 Å². The zero-order valence-electron chi connectivity index (χ0n) is 17.9. The van der Waals surface area contributed by atoms with E-state index in [4.69, 9.17) is 9.57 Å². The van der Waals surface area contributed by atoms with E-state index in [0.717, 1.165) is 16.0 Å². The van der Waals surface area contributed by atoms with Crippen LogP contribution in [0, 0.1) is 11.0 Å². The minimum atomic E-state index is -0.635. The van der Waals surface area contributed by atoms with Crippen LogP contribution in [0.4, 0.5) is 4.39 Å². The molecule has 5 aromatic rings. The molecule has 0 unspecified atom stereocenters. The van der Waals surface area contributed by atoms with Crippen LogP contribution in [0.25, 0.3) is 22.3 Å². The van der Waals surface area contributed by atoms with Crippen molar-refractivity contribution >= 4 is 11.0 Å². The lowest BCUT2D eigenvalue weighted by molar-refractivity contribution is -0.566. The topological polar surface area (TPSA) is 67.4 Å². The van der Waals surface area contributed by atoms with Gasteiger partial charge in [0, 0.05) is 6.07 Å². The van der Waals surface area contributed by atoms with Gasteiger partial charge in [-0.05, 0) is 60.2 Å². The smallest absolute Gasteiger partial charge is 0.357 e. The summed E-state index contributed by atoms with van der Waals surface area (Å²) in [6.07, 6.45) is 0. The van der Waals surface area contributed by atoms with Crippen molar-refractivity contribution in [1.82, 2.24) is 4.73 Å². The molecule has 6 nitrogen and oxygen atoms in total. The van der Waals surface area contributed by atoms with E-state index in [1.165, 1.54) is 24.3 Å². The number of ether oxygens (including phenoxy) is 1. The average molecular weight is 454 g/mol. The van der Waals surface area contributed by atoms with E-state index in [-0.39, 0.29) is 17.8 Å². The Hall–Kier alpha value is -4.65. The molecule has 0 amide bonds. The van der Waals surface area contributed by atoms with Gasteiger partial charge in [-0.3, -0.25) is 4.79 Å². The first-order valence-corrected chi connectivity index (χ1v) is 10.6. The molecule has 168 valence electrons. The molecule has 5 rings (SSSR count). The summed E-state index contributed by atoms with van der Waals surface area (Å²) in [6, 6.07) is 28.6. The van der Waals surface area contributed by atoms with E-state index in [2.05, 4.69) is 0 Å². The van der Waals surface area contributed by atoms with E-state index < -0.39 is 11.4 Å². The van der Waals surface area contributed by atoms with Gasteiger partial charge in [-0.25, -0.2) is 4.39 Å². The van der Waals surface area contributed by atoms with Crippen LogP contribution in [0.3, 0.4) is 0 Å². The van der Waals surface area contributed by atoms with Gasteiger partial charge in [0.2, 0.25) is 5.52 Å². The number of nitrogens with zero attached hydrogens (tertiary/aromatic N) is 2. The Morgan fingerprint density at radius 3 is 2.18 bits per heavy atom. The number of halogens is 1. The Morgan fingerprint density at radius 1 is 0.794 bits per heavy atom. The predicted octanol–water partition coefficient (Wildman–Crippen LogP) is 4.86. The summed E-state index contributed by atoms with van der Waals surface area (Å²) >= 11 is 0. The van der Waals surface area contributed by atoms with E-state index in [9.17, 15) is 14.4 Å². The normalized spacial score (nSPS) is 10.9. The lowest BCUT2D eigenvalue weighted by Crippen LogP contribution is -2.42. The molecule has 0 N–H and O–H groups in total. The van der Waals surface area contributed by atoms with Crippen LogP contribution in [0.15, 0.2) is 108 Å². The number of benzene rings is 4. The fourth-order valence-electron chi connectivity index (χ4n) is 3.61. The molecule has 0 saturated carbocycles. The standard InChI is InChI=1S/C27H19FN2O4/c28-21-14-12-20(13-15-21)26-27(31)30(25-9-5-4-8-24(25)29(26)32)33-18-19-10-16-23(17-11-19)34-22-6-2-1-3-7-22/h1-17H,18H2. The van der Waals surface area contributed by atoms with Crippen molar-refractivity contribution in [2.75, 3.05) is 0 Å². The Kier molecular flexibility index (Phi) is 5.66. The van der Waals surface area contributed by atoms with Crippen molar-refractivity contribution in [3.8, 4) is 22.8 Å². The van der Waals surface area contributed by atoms with Crippen molar-refractivity contribution in [2.24, 2.45) is 0 Å². The summed E-state index contributed by atoms with van der Waals surface area (Å²) in [6.45, 7) is 0.0846. The molecule has 0 atom stereocenters. The molecule has 4 aromatic carbocycles. The van der Waals surface area contributed by atoms with Gasteiger partial charge in [0.05, 0.1) is 5.56 Å². The minimum absolute atomic E-state index is 0.0846. The van der Waals surface area contributed by atoms with Crippen molar-refractivity contribution in [1.29, 1.82) is 0 Å². The first-order chi connectivity index (χ1) is 16.6. The van der Waals surface area contributed by atoms with E-state index in [1.807, 2.05) is 54.6 Å². The molecule has 34 heavy (non-hydrogen) atoms. The number of rotatable bonds is 6. The molecule has 7 heteroatoms. The van der Waals surface area contributed by atoms with Gasteiger partial charge >= 0.3 is 5.56 Å². The van der Waals surface area contributed by atoms with Gasteiger partial charge in [0.25, 0.3) is 5.69 Å². The molecule has 1 aromatic heterocycles. The van der Waals surface area contributed by atoms with Crippen LogP contribution in [0.5, 0.6) is 11.5 Å². The highest BCUT2D eigenvalue weighted by Gasteiger charge is 2.23. The number of aromatic nitrogens is 2. The number of hydrogen-bond donors (Lipinski definition) is 0. The summed E-state index contributed by atoms with van der Waals surface area (Å²) in [7, 11) is 0. The van der Waals surface area contributed by atoms with Crippen molar-refractivity contribution in [2.45, 2.75) is 6.61 Å². The van der Waals surface area contributed by atoms with Crippen molar-refractivity contribution < 1.29 is 18.7 Å². The second kappa shape index (κ2) is 9.07.